The van der Waals surface area contributed by atoms with Gasteiger partial charge >= 0.3 is 6.03 Å². The number of amidine groups is 1. The summed E-state index contributed by atoms with van der Waals surface area (Å²) < 4.78 is 2.00. The van der Waals surface area contributed by atoms with Crippen LogP contribution in [-0.4, -0.2) is 56.8 Å². The first-order valence-electron chi connectivity index (χ1n) is 11.1. The smallest absolute Gasteiger partial charge is 0.323 e. The first kappa shape index (κ1) is 21.4. The molecule has 0 aliphatic carbocycles. The molecule has 1 atom stereocenters. The number of urea groups is 1. The van der Waals surface area contributed by atoms with E-state index in [1.807, 2.05) is 44.6 Å². The Hall–Kier alpha value is -3.46. The van der Waals surface area contributed by atoms with Crippen LogP contribution in [0, 0.1) is 0 Å². The molecule has 0 bridgehead atoms. The molecule has 1 fully saturated rings. The Bertz CT molecular complexity index is 1140. The number of aryl methyl sites for hydroxylation is 1. The van der Waals surface area contributed by atoms with Crippen molar-refractivity contribution in [2.75, 3.05) is 19.6 Å². The van der Waals surface area contributed by atoms with Crippen LogP contribution in [0.5, 0.6) is 0 Å². The summed E-state index contributed by atoms with van der Waals surface area (Å²) in [5.41, 5.74) is 3.51. The van der Waals surface area contributed by atoms with Crippen LogP contribution in [0.2, 0.25) is 0 Å². The van der Waals surface area contributed by atoms with E-state index in [-0.39, 0.29) is 24.5 Å². The molecular formula is C24H26N6O2S. The predicted octanol–water partition coefficient (Wildman–Crippen LogP) is 3.08. The van der Waals surface area contributed by atoms with E-state index >= 15 is 0 Å². The molecule has 3 aromatic rings. The number of nitrogens with zero attached hydrogens (tertiary/aromatic N) is 5. The van der Waals surface area contributed by atoms with E-state index < -0.39 is 0 Å². The van der Waals surface area contributed by atoms with Crippen molar-refractivity contribution in [3.8, 4) is 0 Å². The van der Waals surface area contributed by atoms with Gasteiger partial charge in [0.1, 0.15) is 18.4 Å². The van der Waals surface area contributed by atoms with E-state index in [1.54, 1.807) is 28.8 Å². The Balaban J connectivity index is 1.27. The summed E-state index contributed by atoms with van der Waals surface area (Å²) in [4.78, 5) is 38.0. The van der Waals surface area contributed by atoms with Crippen molar-refractivity contribution in [2.45, 2.75) is 32.0 Å². The maximum Gasteiger partial charge on any atom is 0.323 e. The Labute approximate surface area is 196 Å². The molecule has 9 heteroatoms. The van der Waals surface area contributed by atoms with Gasteiger partial charge in [-0.15, -0.1) is 0 Å². The SMILES string of the molecule is O=C(CN=C1NC(=O)N(CCCn2ccnc2)C1c1ccsc1)N1CCc2ccccc2C1. The normalized spacial score (nSPS) is 19.1. The minimum atomic E-state index is -0.290. The van der Waals surface area contributed by atoms with Crippen LogP contribution in [0.3, 0.4) is 0 Å². The van der Waals surface area contributed by atoms with E-state index in [9.17, 15) is 9.59 Å². The zero-order valence-corrected chi connectivity index (χ0v) is 19.1. The topological polar surface area (TPSA) is 82.8 Å². The lowest BCUT2D eigenvalue weighted by atomic mass is 10.00. The fourth-order valence-corrected chi connectivity index (χ4v) is 5.12. The maximum atomic E-state index is 12.9. The van der Waals surface area contributed by atoms with Crippen molar-refractivity contribution in [3.05, 3.63) is 76.5 Å². The number of hydrogen-bond donors (Lipinski definition) is 1. The minimum absolute atomic E-state index is 0.0196. The number of thiophene rings is 1. The molecule has 2 aliphatic rings. The number of imidazole rings is 1. The highest BCUT2D eigenvalue weighted by Crippen LogP contribution is 2.28. The van der Waals surface area contributed by atoms with Gasteiger partial charge in [0.2, 0.25) is 5.91 Å². The molecule has 5 rings (SSSR count). The van der Waals surface area contributed by atoms with Crippen LogP contribution in [0.25, 0.3) is 0 Å². The second kappa shape index (κ2) is 9.58. The molecule has 170 valence electrons. The Morgan fingerprint density at radius 3 is 2.88 bits per heavy atom. The number of aromatic nitrogens is 2. The van der Waals surface area contributed by atoms with Crippen molar-refractivity contribution in [2.24, 2.45) is 4.99 Å². The third kappa shape index (κ3) is 4.68. The van der Waals surface area contributed by atoms with Crippen LogP contribution < -0.4 is 5.32 Å². The van der Waals surface area contributed by atoms with Gasteiger partial charge < -0.3 is 14.4 Å². The molecular weight excluding hydrogens is 436 g/mol. The summed E-state index contributed by atoms with van der Waals surface area (Å²) >= 11 is 1.59. The van der Waals surface area contributed by atoms with Crippen molar-refractivity contribution in [3.63, 3.8) is 0 Å². The molecule has 8 nitrogen and oxygen atoms in total. The van der Waals surface area contributed by atoms with E-state index in [4.69, 9.17) is 0 Å². The molecule has 4 heterocycles. The van der Waals surface area contributed by atoms with Crippen molar-refractivity contribution >= 4 is 29.1 Å². The van der Waals surface area contributed by atoms with Gasteiger partial charge in [0, 0.05) is 38.6 Å². The van der Waals surface area contributed by atoms with Gasteiger partial charge in [-0.05, 0) is 46.4 Å². The summed E-state index contributed by atoms with van der Waals surface area (Å²) in [6.07, 6.45) is 7.09. The van der Waals surface area contributed by atoms with Gasteiger partial charge in [0.25, 0.3) is 0 Å². The number of fused-ring (bicyclic) bond motifs is 1. The number of carbonyl (C=O) groups is 2. The van der Waals surface area contributed by atoms with Crippen molar-refractivity contribution in [1.29, 1.82) is 0 Å². The zero-order valence-electron chi connectivity index (χ0n) is 18.3. The molecule has 0 spiro atoms. The Kier molecular flexibility index (Phi) is 6.21. The second-order valence-corrected chi connectivity index (χ2v) is 9.05. The third-order valence-electron chi connectivity index (χ3n) is 6.17. The summed E-state index contributed by atoms with van der Waals surface area (Å²) in [6.45, 7) is 2.70. The number of carbonyl (C=O) groups excluding carboxylic acids is 2. The van der Waals surface area contributed by atoms with Gasteiger partial charge in [-0.2, -0.15) is 11.3 Å². The molecule has 2 aromatic heterocycles. The highest BCUT2D eigenvalue weighted by atomic mass is 32.1. The van der Waals surface area contributed by atoms with Gasteiger partial charge in [0.15, 0.2) is 0 Å². The standard InChI is InChI=1S/C24H26N6O2S/c31-21(29-11-6-18-4-1-2-5-19(18)15-29)14-26-23-22(20-7-13-33-16-20)30(24(32)27-23)10-3-9-28-12-8-25-17-28/h1-2,4-5,7-8,12-13,16-17,22H,3,6,9-11,14-15H2,(H,26,27,32). The lowest BCUT2D eigenvalue weighted by molar-refractivity contribution is -0.130. The molecule has 2 aliphatic heterocycles. The highest BCUT2D eigenvalue weighted by Gasteiger charge is 2.37. The minimum Gasteiger partial charge on any atom is -0.337 e. The Morgan fingerprint density at radius 2 is 2.09 bits per heavy atom. The van der Waals surface area contributed by atoms with Crippen LogP contribution >= 0.6 is 11.3 Å². The highest BCUT2D eigenvalue weighted by molar-refractivity contribution is 7.08. The third-order valence-corrected chi connectivity index (χ3v) is 6.87. The summed E-state index contributed by atoms with van der Waals surface area (Å²) in [7, 11) is 0. The predicted molar refractivity (Wildman–Crippen MR) is 127 cm³/mol. The largest absolute Gasteiger partial charge is 0.337 e. The van der Waals surface area contributed by atoms with Crippen molar-refractivity contribution in [1.82, 2.24) is 24.7 Å². The molecule has 1 saturated heterocycles. The van der Waals surface area contributed by atoms with E-state index in [0.717, 1.165) is 24.9 Å². The lowest BCUT2D eigenvalue weighted by Gasteiger charge is -2.28. The number of aliphatic imine (C=N–C) groups is 1. The Morgan fingerprint density at radius 1 is 1.21 bits per heavy atom. The van der Waals surface area contributed by atoms with E-state index in [1.165, 1.54) is 11.1 Å². The van der Waals surface area contributed by atoms with Crippen LogP contribution in [0.1, 0.15) is 29.2 Å². The molecule has 33 heavy (non-hydrogen) atoms. The maximum absolute atomic E-state index is 12.9. The molecule has 0 saturated carbocycles. The zero-order chi connectivity index (χ0) is 22.6. The molecule has 1 N–H and O–H groups in total. The second-order valence-electron chi connectivity index (χ2n) is 8.27. The number of hydrogen-bond acceptors (Lipinski definition) is 5. The van der Waals surface area contributed by atoms with E-state index in [0.29, 0.717) is 25.5 Å². The fraction of sp³-hybridized carbons (Fsp3) is 0.333. The molecule has 3 amide bonds. The lowest BCUT2D eigenvalue weighted by Crippen LogP contribution is -2.37. The molecule has 0 radical (unpaired) electrons. The van der Waals surface area contributed by atoms with Gasteiger partial charge in [-0.25, -0.2) is 9.78 Å². The molecule has 1 unspecified atom stereocenters. The van der Waals surface area contributed by atoms with Crippen LogP contribution in [0.4, 0.5) is 4.79 Å². The van der Waals surface area contributed by atoms with E-state index in [2.05, 4.69) is 27.4 Å². The first-order valence-corrected chi connectivity index (χ1v) is 12.1. The molecule has 1 aromatic carbocycles. The number of rotatable bonds is 7. The summed E-state index contributed by atoms with van der Waals surface area (Å²) in [5.74, 6) is 0.528. The van der Waals surface area contributed by atoms with Gasteiger partial charge in [-0.1, -0.05) is 24.3 Å². The quantitative estimate of drug-likeness (QED) is 0.586. The monoisotopic (exact) mass is 462 g/mol. The number of amides is 3. The fourth-order valence-electron chi connectivity index (χ4n) is 4.44. The van der Waals surface area contributed by atoms with Gasteiger partial charge in [0.05, 0.1) is 6.33 Å². The van der Waals surface area contributed by atoms with Crippen LogP contribution in [0.15, 0.2) is 64.8 Å². The number of benzene rings is 1. The average Bonchev–Trinajstić information content (AvgIpc) is 3.60. The summed E-state index contributed by atoms with van der Waals surface area (Å²) in [5, 5.41) is 6.94. The average molecular weight is 463 g/mol. The first-order chi connectivity index (χ1) is 16.2. The number of nitrogens with one attached hydrogen (secondary N) is 1. The van der Waals surface area contributed by atoms with Crippen molar-refractivity contribution < 1.29 is 9.59 Å². The van der Waals surface area contributed by atoms with Crippen LogP contribution in [-0.2, 0) is 24.3 Å². The summed E-state index contributed by atoms with van der Waals surface area (Å²) in [6, 6.07) is 9.79. The van der Waals surface area contributed by atoms with Gasteiger partial charge in [-0.3, -0.25) is 15.1 Å².